The number of hydrogen-bond donors (Lipinski definition) is 1. The summed E-state index contributed by atoms with van der Waals surface area (Å²) in [5.74, 6) is 1.21. The summed E-state index contributed by atoms with van der Waals surface area (Å²) in [4.78, 5) is 48.2. The van der Waals surface area contributed by atoms with E-state index in [0.29, 0.717) is 31.1 Å². The lowest BCUT2D eigenvalue weighted by Crippen LogP contribution is -2.61. The van der Waals surface area contributed by atoms with Crippen LogP contribution in [0.3, 0.4) is 0 Å². The smallest absolute Gasteiger partial charge is 0.312 e. The second kappa shape index (κ2) is 15.6. The van der Waals surface area contributed by atoms with E-state index in [4.69, 9.17) is 23.7 Å². The van der Waals surface area contributed by atoms with E-state index < -0.39 is 28.6 Å². The average molecular weight is 761 g/mol. The standard InChI is InChI=1S/C16H26O3.C15H28O2.C13H18O5/c1-4-14(2,3)13(17)19-16-8-11-5-12(9-16)7-15(18,6-11)10-16;1-6-14(4,5)13(16)17-15(7-2)10-8-12(3)9-11-15;1-4-13(2,3)12(15)18-9-7-5-6-8(16-7)10(9)17-11(6)14/h11-12,18H,4-10H2,1-3H3;12H,6-11H2,1-5H3;6-10H,4-5H2,1-3H3. The van der Waals surface area contributed by atoms with Crippen LogP contribution in [0.15, 0.2) is 0 Å². The first kappa shape index (κ1) is 42.9. The van der Waals surface area contributed by atoms with Gasteiger partial charge in [-0.25, -0.2) is 0 Å². The van der Waals surface area contributed by atoms with E-state index in [-0.39, 0.29) is 58.6 Å². The van der Waals surface area contributed by atoms with Gasteiger partial charge in [-0.3, -0.25) is 19.2 Å². The number of esters is 4. The molecular weight excluding hydrogens is 688 g/mol. The Labute approximate surface area is 324 Å². The van der Waals surface area contributed by atoms with Gasteiger partial charge in [-0.05, 0) is 149 Å². The molecule has 0 aromatic rings. The molecule has 7 atom stereocenters. The number of aliphatic hydroxyl groups is 1. The quantitative estimate of drug-likeness (QED) is 0.171. The Balaban J connectivity index is 0.000000156. The van der Waals surface area contributed by atoms with Crippen molar-refractivity contribution in [1.82, 2.24) is 0 Å². The molecule has 0 aromatic heterocycles. The summed E-state index contributed by atoms with van der Waals surface area (Å²) in [7, 11) is 0. The Morgan fingerprint density at radius 1 is 0.759 bits per heavy atom. The van der Waals surface area contributed by atoms with Crippen LogP contribution in [-0.2, 0) is 42.9 Å². The minimum atomic E-state index is -0.555. The molecule has 8 rings (SSSR count). The lowest BCUT2D eigenvalue weighted by atomic mass is 9.52. The van der Waals surface area contributed by atoms with Gasteiger partial charge in [0.05, 0.1) is 33.9 Å². The van der Waals surface area contributed by atoms with Crippen LogP contribution in [0.2, 0.25) is 0 Å². The van der Waals surface area contributed by atoms with Crippen molar-refractivity contribution in [1.29, 1.82) is 0 Å². The molecule has 308 valence electrons. The molecule has 3 heterocycles. The first-order chi connectivity index (χ1) is 25.0. The van der Waals surface area contributed by atoms with Crippen molar-refractivity contribution in [3.63, 3.8) is 0 Å². The maximum absolute atomic E-state index is 12.4. The maximum atomic E-state index is 12.4. The summed E-state index contributed by atoms with van der Waals surface area (Å²) in [6, 6.07) is 0. The molecule has 8 aliphatic rings. The van der Waals surface area contributed by atoms with Crippen molar-refractivity contribution in [2.24, 2.45) is 39.9 Å². The number of carbonyl (C=O) groups excluding carboxylic acids is 4. The highest BCUT2D eigenvalue weighted by atomic mass is 16.7. The Morgan fingerprint density at radius 3 is 1.78 bits per heavy atom. The zero-order valence-electron chi connectivity index (χ0n) is 35.3. The summed E-state index contributed by atoms with van der Waals surface area (Å²) in [6.07, 6.45) is 12.8. The van der Waals surface area contributed by atoms with Crippen molar-refractivity contribution >= 4 is 23.9 Å². The van der Waals surface area contributed by atoms with Crippen LogP contribution < -0.4 is 0 Å². The van der Waals surface area contributed by atoms with Gasteiger partial charge in [0.25, 0.3) is 0 Å². The first-order valence-corrected chi connectivity index (χ1v) is 21.3. The highest BCUT2D eigenvalue weighted by Gasteiger charge is 2.65. The molecule has 0 amide bonds. The van der Waals surface area contributed by atoms with Crippen LogP contribution in [0.1, 0.15) is 172 Å². The lowest BCUT2D eigenvalue weighted by molar-refractivity contribution is -0.225. The van der Waals surface area contributed by atoms with Crippen molar-refractivity contribution in [2.75, 3.05) is 0 Å². The number of rotatable bonds is 10. The third-order valence-corrected chi connectivity index (χ3v) is 14.8. The van der Waals surface area contributed by atoms with E-state index in [1.807, 2.05) is 62.3 Å². The van der Waals surface area contributed by atoms with E-state index in [1.165, 1.54) is 19.3 Å². The van der Waals surface area contributed by atoms with Crippen molar-refractivity contribution in [3.05, 3.63) is 0 Å². The summed E-state index contributed by atoms with van der Waals surface area (Å²) in [5, 5.41) is 10.6. The summed E-state index contributed by atoms with van der Waals surface area (Å²) in [5.41, 5.74) is -2.35. The molecule has 7 unspecified atom stereocenters. The zero-order valence-corrected chi connectivity index (χ0v) is 35.3. The van der Waals surface area contributed by atoms with Gasteiger partial charge < -0.3 is 28.8 Å². The molecule has 3 aliphatic heterocycles. The third-order valence-electron chi connectivity index (χ3n) is 14.8. The topological polar surface area (TPSA) is 135 Å². The SMILES string of the molecule is CCC(C)(C)C(=O)OC12CC3CC(CC(O)(C3)C1)C2.CCC(C)(C)C(=O)OC1C2CC3C(=O)OC1C3O2.CCC1(OC(=O)C(C)(C)CC)CCC(C)CC1. The molecule has 10 heteroatoms. The third kappa shape index (κ3) is 8.84. The molecule has 0 spiro atoms. The molecule has 5 aliphatic carbocycles. The zero-order chi connectivity index (χ0) is 40.1. The van der Waals surface area contributed by atoms with Gasteiger partial charge in [0.2, 0.25) is 0 Å². The van der Waals surface area contributed by atoms with Crippen LogP contribution in [0.4, 0.5) is 0 Å². The molecule has 6 bridgehead atoms. The second-order valence-corrected chi connectivity index (χ2v) is 20.3. The first-order valence-electron chi connectivity index (χ1n) is 21.3. The van der Waals surface area contributed by atoms with Gasteiger partial charge >= 0.3 is 23.9 Å². The average Bonchev–Trinajstić information content (AvgIpc) is 3.74. The molecule has 0 radical (unpaired) electrons. The molecule has 3 saturated heterocycles. The summed E-state index contributed by atoms with van der Waals surface area (Å²) < 4.78 is 28.3. The normalized spacial score (nSPS) is 38.8. The summed E-state index contributed by atoms with van der Waals surface area (Å²) in [6.45, 7) is 22.0. The van der Waals surface area contributed by atoms with Crippen molar-refractivity contribution in [3.8, 4) is 0 Å². The van der Waals surface area contributed by atoms with Crippen LogP contribution in [0.5, 0.6) is 0 Å². The Hall–Kier alpha value is -2.20. The van der Waals surface area contributed by atoms with Crippen LogP contribution in [-0.4, -0.2) is 70.2 Å². The van der Waals surface area contributed by atoms with E-state index in [9.17, 15) is 24.3 Å². The number of carbonyl (C=O) groups is 4. The van der Waals surface area contributed by atoms with Gasteiger partial charge in [-0.15, -0.1) is 0 Å². The van der Waals surface area contributed by atoms with E-state index in [1.54, 1.807) is 0 Å². The van der Waals surface area contributed by atoms with Gasteiger partial charge in [0.1, 0.15) is 17.3 Å². The Morgan fingerprint density at radius 2 is 1.28 bits per heavy atom. The molecule has 10 nitrogen and oxygen atoms in total. The fourth-order valence-corrected chi connectivity index (χ4v) is 9.83. The van der Waals surface area contributed by atoms with Crippen LogP contribution in [0.25, 0.3) is 0 Å². The van der Waals surface area contributed by atoms with Crippen LogP contribution in [0, 0.1) is 39.9 Å². The molecule has 54 heavy (non-hydrogen) atoms. The van der Waals surface area contributed by atoms with E-state index in [2.05, 4.69) is 13.8 Å². The number of fused-ring (bicyclic) bond motifs is 1. The highest BCUT2D eigenvalue weighted by molar-refractivity contribution is 5.79. The molecule has 5 saturated carbocycles. The number of ether oxygens (including phenoxy) is 5. The molecular formula is C44H72O10. The predicted molar refractivity (Wildman–Crippen MR) is 204 cm³/mol. The fraction of sp³-hybridized carbons (Fsp3) is 0.909. The van der Waals surface area contributed by atoms with E-state index >= 15 is 0 Å². The Kier molecular flexibility index (Phi) is 12.4. The highest BCUT2D eigenvalue weighted by Crippen LogP contribution is 2.59. The van der Waals surface area contributed by atoms with Crippen molar-refractivity contribution < 1.29 is 48.0 Å². The molecule has 0 aromatic carbocycles. The van der Waals surface area contributed by atoms with Gasteiger partial charge in [-0.2, -0.15) is 0 Å². The lowest BCUT2D eigenvalue weighted by Gasteiger charge is -2.59. The van der Waals surface area contributed by atoms with Crippen molar-refractivity contribution in [2.45, 2.75) is 214 Å². The maximum Gasteiger partial charge on any atom is 0.312 e. The van der Waals surface area contributed by atoms with Gasteiger partial charge in [0.15, 0.2) is 12.2 Å². The fourth-order valence-electron chi connectivity index (χ4n) is 9.83. The van der Waals surface area contributed by atoms with Gasteiger partial charge in [0, 0.05) is 6.42 Å². The van der Waals surface area contributed by atoms with E-state index in [0.717, 1.165) is 63.7 Å². The monoisotopic (exact) mass is 761 g/mol. The largest absolute Gasteiger partial charge is 0.459 e. The minimum absolute atomic E-state index is 0.0172. The summed E-state index contributed by atoms with van der Waals surface area (Å²) >= 11 is 0. The molecule has 8 fully saturated rings. The minimum Gasteiger partial charge on any atom is -0.459 e. The molecule has 1 N–H and O–H groups in total. The predicted octanol–water partition coefficient (Wildman–Crippen LogP) is 8.42. The number of hydrogen-bond acceptors (Lipinski definition) is 10. The second-order valence-electron chi connectivity index (χ2n) is 20.3. The Bertz CT molecular complexity index is 1380. The van der Waals surface area contributed by atoms with Crippen LogP contribution >= 0.6 is 0 Å². The van der Waals surface area contributed by atoms with Gasteiger partial charge in [-0.1, -0.05) is 34.6 Å².